The minimum atomic E-state index is -0.534. The lowest BCUT2D eigenvalue weighted by Crippen LogP contribution is -2.19. The standard InChI is InChI=1S/C26H24N4O2S/c1-3-17-30-24(20-13-8-5-9-14-20)28-29-26(30)33-23(19-11-6-4-7-12-19)25(31)27-21-15-10-16-22(18-21)32-2/h3-16,18,23H,1,17H2,2H3,(H,27,31)/t23-/m0/s1. The summed E-state index contributed by atoms with van der Waals surface area (Å²) in [5, 5.41) is 12.0. The lowest BCUT2D eigenvalue weighted by atomic mass is 10.1. The van der Waals surface area contributed by atoms with Crippen LogP contribution in [-0.2, 0) is 11.3 Å². The molecule has 0 bridgehead atoms. The number of nitrogens with one attached hydrogen (secondary N) is 1. The van der Waals surface area contributed by atoms with Gasteiger partial charge in [-0.2, -0.15) is 0 Å². The van der Waals surface area contributed by atoms with Crippen LogP contribution in [0.25, 0.3) is 11.4 Å². The van der Waals surface area contributed by atoms with Gasteiger partial charge in [0.25, 0.3) is 0 Å². The highest BCUT2D eigenvalue weighted by Crippen LogP contribution is 2.37. The van der Waals surface area contributed by atoms with Crippen LogP contribution in [0.2, 0.25) is 0 Å². The van der Waals surface area contributed by atoms with Gasteiger partial charge in [0.15, 0.2) is 11.0 Å². The van der Waals surface area contributed by atoms with E-state index >= 15 is 0 Å². The fraction of sp³-hybridized carbons (Fsp3) is 0.115. The van der Waals surface area contributed by atoms with Gasteiger partial charge < -0.3 is 10.1 Å². The Labute approximate surface area is 197 Å². The second-order valence-corrected chi connectivity index (χ2v) is 8.27. The van der Waals surface area contributed by atoms with Crippen molar-refractivity contribution in [2.45, 2.75) is 17.0 Å². The Morgan fingerprint density at radius 3 is 2.48 bits per heavy atom. The summed E-state index contributed by atoms with van der Waals surface area (Å²) in [6, 6.07) is 26.8. The number of ether oxygens (including phenoxy) is 1. The highest BCUT2D eigenvalue weighted by molar-refractivity contribution is 8.00. The Kier molecular flexibility index (Phi) is 7.22. The third-order valence-corrected chi connectivity index (χ3v) is 6.20. The SMILES string of the molecule is C=CCn1c(S[C@H](C(=O)Nc2cccc(OC)c2)c2ccccc2)nnc1-c1ccccc1. The van der Waals surface area contributed by atoms with E-state index in [1.54, 1.807) is 19.3 Å². The number of rotatable bonds is 9. The molecule has 0 unspecified atom stereocenters. The van der Waals surface area contributed by atoms with E-state index in [2.05, 4.69) is 22.1 Å². The van der Waals surface area contributed by atoms with Crippen LogP contribution in [0.1, 0.15) is 10.8 Å². The van der Waals surface area contributed by atoms with E-state index in [1.165, 1.54) is 11.8 Å². The molecule has 0 saturated carbocycles. The minimum absolute atomic E-state index is 0.158. The Bertz CT molecular complexity index is 1230. The summed E-state index contributed by atoms with van der Waals surface area (Å²) < 4.78 is 7.25. The lowest BCUT2D eigenvalue weighted by molar-refractivity contribution is -0.115. The molecule has 1 aromatic heterocycles. The number of anilines is 1. The lowest BCUT2D eigenvalue weighted by Gasteiger charge is -2.17. The zero-order valence-corrected chi connectivity index (χ0v) is 19.0. The molecule has 4 aromatic rings. The Morgan fingerprint density at radius 1 is 1.06 bits per heavy atom. The van der Waals surface area contributed by atoms with Crippen LogP contribution in [0.4, 0.5) is 5.69 Å². The summed E-state index contributed by atoms with van der Waals surface area (Å²) in [5.41, 5.74) is 2.49. The highest BCUT2D eigenvalue weighted by atomic mass is 32.2. The predicted molar refractivity (Wildman–Crippen MR) is 132 cm³/mol. The van der Waals surface area contributed by atoms with E-state index < -0.39 is 5.25 Å². The zero-order chi connectivity index (χ0) is 23.0. The summed E-state index contributed by atoms with van der Waals surface area (Å²) in [6.07, 6.45) is 1.80. The molecule has 0 aliphatic rings. The van der Waals surface area contributed by atoms with Crippen LogP contribution in [0.5, 0.6) is 5.75 Å². The normalized spacial score (nSPS) is 11.5. The van der Waals surface area contributed by atoms with Crippen molar-refractivity contribution in [3.8, 4) is 17.1 Å². The van der Waals surface area contributed by atoms with Gasteiger partial charge in [-0.3, -0.25) is 9.36 Å². The largest absolute Gasteiger partial charge is 0.497 e. The van der Waals surface area contributed by atoms with E-state index in [-0.39, 0.29) is 5.91 Å². The first kappa shape index (κ1) is 22.4. The van der Waals surface area contributed by atoms with Crippen molar-refractivity contribution in [1.82, 2.24) is 14.8 Å². The first-order valence-electron chi connectivity index (χ1n) is 10.5. The first-order valence-corrected chi connectivity index (χ1v) is 11.3. The number of carbonyl (C=O) groups is 1. The predicted octanol–water partition coefficient (Wildman–Crippen LogP) is 5.61. The molecule has 0 aliphatic heterocycles. The smallest absolute Gasteiger partial charge is 0.242 e. The molecular weight excluding hydrogens is 432 g/mol. The molecule has 33 heavy (non-hydrogen) atoms. The van der Waals surface area contributed by atoms with Gasteiger partial charge in [0.05, 0.1) is 7.11 Å². The van der Waals surface area contributed by atoms with Gasteiger partial charge in [-0.1, -0.05) is 84.6 Å². The first-order chi connectivity index (χ1) is 16.2. The van der Waals surface area contributed by atoms with Gasteiger partial charge in [0.2, 0.25) is 5.91 Å². The van der Waals surface area contributed by atoms with Gasteiger partial charge in [0.1, 0.15) is 11.0 Å². The minimum Gasteiger partial charge on any atom is -0.497 e. The fourth-order valence-electron chi connectivity index (χ4n) is 3.39. The Morgan fingerprint density at radius 2 is 1.79 bits per heavy atom. The van der Waals surface area contributed by atoms with Crippen molar-refractivity contribution in [3.05, 3.63) is 103 Å². The maximum absolute atomic E-state index is 13.4. The monoisotopic (exact) mass is 456 g/mol. The number of hydrogen-bond acceptors (Lipinski definition) is 5. The number of amides is 1. The molecule has 1 atom stereocenters. The molecule has 1 heterocycles. The topological polar surface area (TPSA) is 69.0 Å². The van der Waals surface area contributed by atoms with Crippen molar-refractivity contribution in [2.75, 3.05) is 12.4 Å². The second-order valence-electron chi connectivity index (χ2n) is 7.20. The third kappa shape index (κ3) is 5.32. The van der Waals surface area contributed by atoms with Gasteiger partial charge in [0, 0.05) is 23.9 Å². The number of allylic oxidation sites excluding steroid dienone is 1. The second kappa shape index (κ2) is 10.7. The molecule has 7 heteroatoms. The molecule has 0 saturated heterocycles. The van der Waals surface area contributed by atoms with E-state index in [9.17, 15) is 4.79 Å². The van der Waals surface area contributed by atoms with Gasteiger partial charge in [-0.25, -0.2) is 0 Å². The number of hydrogen-bond donors (Lipinski definition) is 1. The van der Waals surface area contributed by atoms with E-state index in [1.807, 2.05) is 83.4 Å². The van der Waals surface area contributed by atoms with Crippen LogP contribution < -0.4 is 10.1 Å². The number of carbonyl (C=O) groups excluding carboxylic acids is 1. The maximum atomic E-state index is 13.4. The van der Waals surface area contributed by atoms with E-state index in [0.29, 0.717) is 23.1 Å². The van der Waals surface area contributed by atoms with Gasteiger partial charge in [-0.15, -0.1) is 16.8 Å². The molecule has 0 aliphatic carbocycles. The number of thioether (sulfide) groups is 1. The number of methoxy groups -OCH3 is 1. The van der Waals surface area contributed by atoms with Crippen molar-refractivity contribution >= 4 is 23.4 Å². The summed E-state index contributed by atoms with van der Waals surface area (Å²) in [6.45, 7) is 4.41. The van der Waals surface area contributed by atoms with Crippen LogP contribution in [0.15, 0.2) is 103 Å². The average Bonchev–Trinajstić information content (AvgIpc) is 3.26. The quantitative estimate of drug-likeness (QED) is 0.262. The number of benzene rings is 3. The highest BCUT2D eigenvalue weighted by Gasteiger charge is 2.26. The van der Waals surface area contributed by atoms with Crippen LogP contribution >= 0.6 is 11.8 Å². The molecule has 3 aromatic carbocycles. The van der Waals surface area contributed by atoms with Crippen LogP contribution in [0, 0.1) is 0 Å². The molecule has 4 rings (SSSR count). The van der Waals surface area contributed by atoms with Crippen molar-refractivity contribution in [3.63, 3.8) is 0 Å². The van der Waals surface area contributed by atoms with Gasteiger partial charge in [-0.05, 0) is 17.7 Å². The molecular formula is C26H24N4O2S. The Balaban J connectivity index is 1.67. The summed E-state index contributed by atoms with van der Waals surface area (Å²) in [7, 11) is 1.60. The summed E-state index contributed by atoms with van der Waals surface area (Å²) in [5.74, 6) is 1.25. The van der Waals surface area contributed by atoms with Crippen LogP contribution in [-0.4, -0.2) is 27.8 Å². The number of aromatic nitrogens is 3. The van der Waals surface area contributed by atoms with Gasteiger partial charge >= 0.3 is 0 Å². The Hall–Kier alpha value is -3.84. The molecule has 1 amide bonds. The van der Waals surface area contributed by atoms with E-state index in [0.717, 1.165) is 17.0 Å². The third-order valence-electron chi connectivity index (χ3n) is 4.96. The molecule has 0 spiro atoms. The molecule has 0 fully saturated rings. The maximum Gasteiger partial charge on any atom is 0.242 e. The molecule has 6 nitrogen and oxygen atoms in total. The summed E-state index contributed by atoms with van der Waals surface area (Å²) >= 11 is 1.36. The molecule has 0 radical (unpaired) electrons. The molecule has 166 valence electrons. The molecule has 1 N–H and O–H groups in total. The van der Waals surface area contributed by atoms with Crippen molar-refractivity contribution in [2.24, 2.45) is 0 Å². The fourth-order valence-corrected chi connectivity index (χ4v) is 4.43. The zero-order valence-electron chi connectivity index (χ0n) is 18.2. The average molecular weight is 457 g/mol. The summed E-state index contributed by atoms with van der Waals surface area (Å²) in [4.78, 5) is 13.4. The van der Waals surface area contributed by atoms with Crippen molar-refractivity contribution in [1.29, 1.82) is 0 Å². The van der Waals surface area contributed by atoms with Crippen LogP contribution in [0.3, 0.4) is 0 Å². The number of nitrogens with zero attached hydrogens (tertiary/aromatic N) is 3. The van der Waals surface area contributed by atoms with E-state index in [4.69, 9.17) is 4.74 Å². The van der Waals surface area contributed by atoms with Crippen molar-refractivity contribution < 1.29 is 9.53 Å².